The summed E-state index contributed by atoms with van der Waals surface area (Å²) in [7, 11) is 0. The van der Waals surface area contributed by atoms with E-state index in [-0.39, 0.29) is 5.82 Å². The van der Waals surface area contributed by atoms with E-state index in [4.69, 9.17) is 0 Å². The molecule has 88 valence electrons. The lowest BCUT2D eigenvalue weighted by molar-refractivity contribution is 0.0575. The first-order valence-electron chi connectivity index (χ1n) is 5.45. The van der Waals surface area contributed by atoms with Gasteiger partial charge in [0.2, 0.25) is 0 Å². The third-order valence-corrected chi connectivity index (χ3v) is 2.76. The van der Waals surface area contributed by atoms with E-state index in [2.05, 4.69) is 4.98 Å². The summed E-state index contributed by atoms with van der Waals surface area (Å²) in [4.78, 5) is 3.93. The maximum atomic E-state index is 12.8. The molecule has 2 nitrogen and oxygen atoms in total. The lowest BCUT2D eigenvalue weighted by atomic mass is 9.89. The highest BCUT2D eigenvalue weighted by molar-refractivity contribution is 5.25. The Balaban J connectivity index is 2.21. The maximum absolute atomic E-state index is 12.8. The molecule has 3 heteroatoms. The number of hydrogen-bond acceptors (Lipinski definition) is 2. The normalized spacial score (nSPS) is 14.3. The zero-order valence-corrected chi connectivity index (χ0v) is 9.60. The van der Waals surface area contributed by atoms with E-state index >= 15 is 0 Å². The van der Waals surface area contributed by atoms with E-state index in [0.717, 1.165) is 5.56 Å². The minimum Gasteiger partial charge on any atom is -0.385 e. The molecule has 1 aromatic heterocycles. The molecular weight excluding hydrogens is 217 g/mol. The lowest BCUT2D eigenvalue weighted by Gasteiger charge is -2.23. The van der Waals surface area contributed by atoms with Crippen LogP contribution in [0, 0.1) is 5.82 Å². The molecule has 2 aromatic rings. The van der Waals surface area contributed by atoms with E-state index in [0.29, 0.717) is 12.0 Å². The van der Waals surface area contributed by atoms with Gasteiger partial charge in [0.05, 0.1) is 5.60 Å². The Labute approximate surface area is 99.8 Å². The van der Waals surface area contributed by atoms with Crippen LogP contribution in [0.25, 0.3) is 0 Å². The first kappa shape index (κ1) is 11.7. The average molecular weight is 231 g/mol. The number of rotatable bonds is 3. The zero-order valence-electron chi connectivity index (χ0n) is 9.60. The first-order valence-corrected chi connectivity index (χ1v) is 5.45. The summed E-state index contributed by atoms with van der Waals surface area (Å²) in [6.45, 7) is 1.72. The highest BCUT2D eigenvalue weighted by Gasteiger charge is 2.23. The van der Waals surface area contributed by atoms with E-state index in [9.17, 15) is 9.50 Å². The van der Waals surface area contributed by atoms with Gasteiger partial charge in [0, 0.05) is 18.8 Å². The number of benzene rings is 1. The largest absolute Gasteiger partial charge is 0.385 e. The molecule has 0 amide bonds. The number of halogens is 1. The molecule has 1 aromatic carbocycles. The quantitative estimate of drug-likeness (QED) is 0.881. The molecule has 2 rings (SSSR count). The van der Waals surface area contributed by atoms with Crippen LogP contribution in [0.15, 0.2) is 48.8 Å². The molecule has 0 saturated carbocycles. The van der Waals surface area contributed by atoms with Gasteiger partial charge in [-0.25, -0.2) is 4.39 Å². The molecule has 0 radical (unpaired) electrons. The predicted molar refractivity (Wildman–Crippen MR) is 63.9 cm³/mol. The van der Waals surface area contributed by atoms with Gasteiger partial charge >= 0.3 is 0 Å². The van der Waals surface area contributed by atoms with Crippen molar-refractivity contribution in [3.8, 4) is 0 Å². The minimum atomic E-state index is -1.00. The second kappa shape index (κ2) is 4.63. The average Bonchev–Trinajstić information content (AvgIpc) is 2.30. The van der Waals surface area contributed by atoms with Gasteiger partial charge < -0.3 is 5.11 Å². The minimum absolute atomic E-state index is 0.298. The molecule has 0 aliphatic rings. The summed E-state index contributed by atoms with van der Waals surface area (Å²) in [6.07, 6.45) is 3.85. The molecule has 0 fully saturated rings. The van der Waals surface area contributed by atoms with Gasteiger partial charge in [-0.15, -0.1) is 0 Å². The summed E-state index contributed by atoms with van der Waals surface area (Å²) >= 11 is 0. The van der Waals surface area contributed by atoms with Crippen LogP contribution < -0.4 is 0 Å². The van der Waals surface area contributed by atoms with E-state index in [1.54, 1.807) is 31.5 Å². The molecule has 0 aliphatic carbocycles. The van der Waals surface area contributed by atoms with Gasteiger partial charge in [0.1, 0.15) is 5.82 Å². The van der Waals surface area contributed by atoms with E-state index in [1.807, 2.05) is 12.1 Å². The molecule has 1 atom stereocenters. The predicted octanol–water partition coefficient (Wildman–Crippen LogP) is 2.67. The fraction of sp³-hybridized carbons (Fsp3) is 0.214. The molecule has 0 bridgehead atoms. The Kier molecular flexibility index (Phi) is 3.20. The highest BCUT2D eigenvalue weighted by atomic mass is 19.1. The van der Waals surface area contributed by atoms with Gasteiger partial charge in [-0.05, 0) is 42.3 Å². The van der Waals surface area contributed by atoms with E-state index < -0.39 is 5.60 Å². The summed E-state index contributed by atoms with van der Waals surface area (Å²) in [5, 5.41) is 10.4. The molecule has 1 heterocycles. The van der Waals surface area contributed by atoms with Crippen molar-refractivity contribution in [3.63, 3.8) is 0 Å². The third kappa shape index (κ3) is 2.88. The van der Waals surface area contributed by atoms with Crippen molar-refractivity contribution in [3.05, 3.63) is 65.7 Å². The number of hydrogen-bond donors (Lipinski definition) is 1. The number of pyridine rings is 1. The SMILES string of the molecule is CC(O)(Cc1ccncc1)c1ccc(F)cc1. The van der Waals surface area contributed by atoms with Crippen LogP contribution in [0.4, 0.5) is 4.39 Å². The van der Waals surface area contributed by atoms with Crippen LogP contribution in [-0.2, 0) is 12.0 Å². The fourth-order valence-corrected chi connectivity index (χ4v) is 1.81. The fourth-order valence-electron chi connectivity index (χ4n) is 1.81. The van der Waals surface area contributed by atoms with Crippen LogP contribution >= 0.6 is 0 Å². The van der Waals surface area contributed by atoms with Crippen molar-refractivity contribution in [2.24, 2.45) is 0 Å². The Morgan fingerprint density at radius 1 is 1.12 bits per heavy atom. The standard InChI is InChI=1S/C14H14FNO/c1-14(17,10-11-6-8-16-9-7-11)12-2-4-13(15)5-3-12/h2-9,17H,10H2,1H3. The Morgan fingerprint density at radius 2 is 1.71 bits per heavy atom. The smallest absolute Gasteiger partial charge is 0.123 e. The topological polar surface area (TPSA) is 33.1 Å². The number of aliphatic hydroxyl groups is 1. The summed E-state index contributed by atoms with van der Waals surface area (Å²) in [6, 6.07) is 9.65. The van der Waals surface area contributed by atoms with Crippen LogP contribution in [0.3, 0.4) is 0 Å². The van der Waals surface area contributed by atoms with Gasteiger partial charge in [-0.1, -0.05) is 12.1 Å². The maximum Gasteiger partial charge on any atom is 0.123 e. The first-order chi connectivity index (χ1) is 8.08. The molecule has 0 aliphatic heterocycles. The van der Waals surface area contributed by atoms with Gasteiger partial charge in [0.15, 0.2) is 0 Å². The monoisotopic (exact) mass is 231 g/mol. The zero-order chi connectivity index (χ0) is 12.3. The Bertz CT molecular complexity index is 479. The molecule has 17 heavy (non-hydrogen) atoms. The van der Waals surface area contributed by atoms with Crippen molar-refractivity contribution < 1.29 is 9.50 Å². The summed E-state index contributed by atoms with van der Waals surface area (Å²) < 4.78 is 12.8. The molecule has 1 unspecified atom stereocenters. The Hall–Kier alpha value is -1.74. The van der Waals surface area contributed by atoms with Gasteiger partial charge in [-0.3, -0.25) is 4.98 Å². The second-order valence-electron chi connectivity index (χ2n) is 4.31. The number of aromatic nitrogens is 1. The highest BCUT2D eigenvalue weighted by Crippen LogP contribution is 2.25. The molecule has 1 N–H and O–H groups in total. The van der Waals surface area contributed by atoms with Crippen molar-refractivity contribution in [1.29, 1.82) is 0 Å². The van der Waals surface area contributed by atoms with Gasteiger partial charge in [-0.2, -0.15) is 0 Å². The van der Waals surface area contributed by atoms with Crippen molar-refractivity contribution in [2.75, 3.05) is 0 Å². The lowest BCUT2D eigenvalue weighted by Crippen LogP contribution is -2.24. The van der Waals surface area contributed by atoms with E-state index in [1.165, 1.54) is 12.1 Å². The van der Waals surface area contributed by atoms with Crippen LogP contribution in [0.2, 0.25) is 0 Å². The van der Waals surface area contributed by atoms with Crippen molar-refractivity contribution in [1.82, 2.24) is 4.98 Å². The third-order valence-electron chi connectivity index (χ3n) is 2.76. The summed E-state index contributed by atoms with van der Waals surface area (Å²) in [5.74, 6) is -0.298. The second-order valence-corrected chi connectivity index (χ2v) is 4.31. The van der Waals surface area contributed by atoms with Crippen molar-refractivity contribution in [2.45, 2.75) is 18.9 Å². The van der Waals surface area contributed by atoms with Gasteiger partial charge in [0.25, 0.3) is 0 Å². The van der Waals surface area contributed by atoms with Crippen LogP contribution in [0.5, 0.6) is 0 Å². The van der Waals surface area contributed by atoms with Crippen molar-refractivity contribution >= 4 is 0 Å². The Morgan fingerprint density at radius 3 is 2.29 bits per heavy atom. The molecule has 0 spiro atoms. The molecule has 0 saturated heterocycles. The number of nitrogens with zero attached hydrogens (tertiary/aromatic N) is 1. The van der Waals surface area contributed by atoms with Crippen LogP contribution in [0.1, 0.15) is 18.1 Å². The summed E-state index contributed by atoms with van der Waals surface area (Å²) in [5.41, 5.74) is 0.694. The molecular formula is C14H14FNO. The van der Waals surface area contributed by atoms with Crippen LogP contribution in [-0.4, -0.2) is 10.1 Å².